The molecular weight excluding hydrogens is 336 g/mol. The summed E-state index contributed by atoms with van der Waals surface area (Å²) in [4.78, 5) is 22.2. The van der Waals surface area contributed by atoms with Crippen LogP contribution in [0.1, 0.15) is 5.69 Å². The van der Waals surface area contributed by atoms with Crippen molar-refractivity contribution in [3.8, 4) is 5.75 Å². The van der Waals surface area contributed by atoms with Gasteiger partial charge in [0.05, 0.1) is 24.9 Å². The molecule has 25 heavy (non-hydrogen) atoms. The molecule has 7 heteroatoms. The van der Waals surface area contributed by atoms with Gasteiger partial charge in [0.2, 0.25) is 5.91 Å². The van der Waals surface area contributed by atoms with Crippen LogP contribution in [-0.4, -0.2) is 53.5 Å². The first-order valence-electron chi connectivity index (χ1n) is 8.31. The molecule has 0 saturated carbocycles. The Labute approximate surface area is 150 Å². The second-order valence-electron chi connectivity index (χ2n) is 6.04. The number of ether oxygens (including phenoxy) is 1. The normalized spacial score (nSPS) is 14.9. The number of thiazole rings is 1. The van der Waals surface area contributed by atoms with Crippen molar-refractivity contribution in [3.05, 3.63) is 47.7 Å². The zero-order valence-electron chi connectivity index (χ0n) is 14.1. The van der Waals surface area contributed by atoms with Gasteiger partial charge in [-0.05, 0) is 12.1 Å². The van der Waals surface area contributed by atoms with Crippen molar-refractivity contribution in [3.63, 3.8) is 0 Å². The molecule has 0 bridgehead atoms. The molecule has 2 aromatic heterocycles. The number of piperazine rings is 1. The quantitative estimate of drug-likeness (QED) is 0.720. The molecule has 0 N–H and O–H groups in total. The SMILES string of the molecule is COc1ccccc1N1CCN(C(=O)Cc2cn3ccsc3n2)CC1. The molecule has 1 aliphatic heterocycles. The van der Waals surface area contributed by atoms with Crippen LogP contribution >= 0.6 is 11.3 Å². The highest BCUT2D eigenvalue weighted by Crippen LogP contribution is 2.28. The Kier molecular flexibility index (Phi) is 4.31. The highest BCUT2D eigenvalue weighted by Gasteiger charge is 2.23. The predicted octanol–water partition coefficient (Wildman–Crippen LogP) is 2.30. The number of fused-ring (bicyclic) bond motifs is 1. The average molecular weight is 356 g/mol. The lowest BCUT2D eigenvalue weighted by Crippen LogP contribution is -2.49. The van der Waals surface area contributed by atoms with Crippen LogP contribution in [0.5, 0.6) is 5.75 Å². The van der Waals surface area contributed by atoms with E-state index in [0.717, 1.165) is 48.3 Å². The summed E-state index contributed by atoms with van der Waals surface area (Å²) in [5.74, 6) is 1.02. The van der Waals surface area contributed by atoms with Crippen LogP contribution in [-0.2, 0) is 11.2 Å². The minimum absolute atomic E-state index is 0.144. The molecule has 0 radical (unpaired) electrons. The number of hydrogen-bond acceptors (Lipinski definition) is 5. The molecule has 0 atom stereocenters. The summed E-state index contributed by atoms with van der Waals surface area (Å²) in [6.07, 6.45) is 4.27. The maximum absolute atomic E-state index is 12.6. The number of imidazole rings is 1. The van der Waals surface area contributed by atoms with Gasteiger partial charge in [0, 0.05) is 44.0 Å². The third-order valence-electron chi connectivity index (χ3n) is 4.53. The summed E-state index contributed by atoms with van der Waals surface area (Å²) in [6.45, 7) is 3.06. The van der Waals surface area contributed by atoms with Crippen LogP contribution in [0.4, 0.5) is 5.69 Å². The van der Waals surface area contributed by atoms with Gasteiger partial charge in [-0.2, -0.15) is 0 Å². The van der Waals surface area contributed by atoms with Crippen LogP contribution in [0.15, 0.2) is 42.0 Å². The first-order chi connectivity index (χ1) is 12.2. The lowest BCUT2D eigenvalue weighted by molar-refractivity contribution is -0.130. The molecule has 1 fully saturated rings. The van der Waals surface area contributed by atoms with Crippen LogP contribution in [0.3, 0.4) is 0 Å². The zero-order chi connectivity index (χ0) is 17.2. The number of carbonyl (C=O) groups excluding carboxylic acids is 1. The Morgan fingerprint density at radius 1 is 1.24 bits per heavy atom. The van der Waals surface area contributed by atoms with Crippen molar-refractivity contribution in [1.29, 1.82) is 0 Å². The Hall–Kier alpha value is -2.54. The van der Waals surface area contributed by atoms with Gasteiger partial charge in [-0.3, -0.25) is 9.20 Å². The van der Waals surface area contributed by atoms with E-state index >= 15 is 0 Å². The molecule has 4 rings (SSSR count). The third-order valence-corrected chi connectivity index (χ3v) is 5.30. The van der Waals surface area contributed by atoms with E-state index in [2.05, 4.69) is 16.0 Å². The zero-order valence-corrected chi connectivity index (χ0v) is 14.9. The Bertz CT molecular complexity index is 851. The van der Waals surface area contributed by atoms with E-state index in [4.69, 9.17) is 4.74 Å². The second kappa shape index (κ2) is 6.76. The fourth-order valence-corrected chi connectivity index (χ4v) is 3.93. The van der Waals surface area contributed by atoms with E-state index in [1.807, 2.05) is 45.3 Å². The van der Waals surface area contributed by atoms with Gasteiger partial charge in [-0.1, -0.05) is 12.1 Å². The topological polar surface area (TPSA) is 50.1 Å². The van der Waals surface area contributed by atoms with E-state index < -0.39 is 0 Å². The van der Waals surface area contributed by atoms with Crippen LogP contribution < -0.4 is 9.64 Å². The van der Waals surface area contributed by atoms with Crippen LogP contribution in [0, 0.1) is 0 Å². The highest BCUT2D eigenvalue weighted by molar-refractivity contribution is 7.15. The molecule has 3 heterocycles. The molecule has 1 amide bonds. The van der Waals surface area contributed by atoms with E-state index in [1.54, 1.807) is 18.4 Å². The van der Waals surface area contributed by atoms with Gasteiger partial charge in [0.15, 0.2) is 4.96 Å². The minimum atomic E-state index is 0.144. The summed E-state index contributed by atoms with van der Waals surface area (Å²) in [7, 11) is 1.69. The number of para-hydroxylation sites is 2. The monoisotopic (exact) mass is 356 g/mol. The smallest absolute Gasteiger partial charge is 0.228 e. The van der Waals surface area contributed by atoms with E-state index in [0.29, 0.717) is 6.42 Å². The number of methoxy groups -OCH3 is 1. The van der Waals surface area contributed by atoms with Crippen molar-refractivity contribution in [1.82, 2.24) is 14.3 Å². The van der Waals surface area contributed by atoms with Gasteiger partial charge in [-0.25, -0.2) is 4.98 Å². The van der Waals surface area contributed by atoms with Gasteiger partial charge >= 0.3 is 0 Å². The fraction of sp³-hybridized carbons (Fsp3) is 0.333. The lowest BCUT2D eigenvalue weighted by atomic mass is 10.2. The summed E-state index contributed by atoms with van der Waals surface area (Å²) in [5.41, 5.74) is 1.93. The number of carbonyl (C=O) groups is 1. The molecule has 1 saturated heterocycles. The number of hydrogen-bond donors (Lipinski definition) is 0. The number of amides is 1. The first kappa shape index (κ1) is 16.0. The van der Waals surface area contributed by atoms with Crippen molar-refractivity contribution in [2.75, 3.05) is 38.2 Å². The van der Waals surface area contributed by atoms with Gasteiger partial charge in [0.25, 0.3) is 0 Å². The van der Waals surface area contributed by atoms with E-state index in [1.165, 1.54) is 0 Å². The van der Waals surface area contributed by atoms with Crippen LogP contribution in [0.2, 0.25) is 0 Å². The number of aromatic nitrogens is 2. The molecule has 0 unspecified atom stereocenters. The average Bonchev–Trinajstić information content (AvgIpc) is 3.23. The number of anilines is 1. The molecule has 3 aromatic rings. The standard InChI is InChI=1S/C18H20N4O2S/c1-24-16-5-3-2-4-15(16)20-6-8-21(9-7-20)17(23)12-14-13-22-10-11-25-18(22)19-14/h2-5,10-11,13H,6-9,12H2,1H3. The van der Waals surface area contributed by atoms with Crippen molar-refractivity contribution >= 4 is 27.9 Å². The largest absolute Gasteiger partial charge is 0.495 e. The molecule has 130 valence electrons. The summed E-state index contributed by atoms with van der Waals surface area (Å²) in [5, 5.41) is 1.99. The lowest BCUT2D eigenvalue weighted by Gasteiger charge is -2.36. The molecule has 1 aromatic carbocycles. The summed E-state index contributed by atoms with van der Waals surface area (Å²) < 4.78 is 7.41. The van der Waals surface area contributed by atoms with E-state index in [9.17, 15) is 4.79 Å². The molecule has 1 aliphatic rings. The minimum Gasteiger partial charge on any atom is -0.495 e. The molecule has 0 spiro atoms. The maximum atomic E-state index is 12.6. The number of benzene rings is 1. The number of rotatable bonds is 4. The van der Waals surface area contributed by atoms with Gasteiger partial charge in [-0.15, -0.1) is 11.3 Å². The molecule has 6 nitrogen and oxygen atoms in total. The van der Waals surface area contributed by atoms with E-state index in [-0.39, 0.29) is 5.91 Å². The fourth-order valence-electron chi connectivity index (χ4n) is 3.22. The van der Waals surface area contributed by atoms with Crippen molar-refractivity contribution in [2.24, 2.45) is 0 Å². The first-order valence-corrected chi connectivity index (χ1v) is 9.19. The highest BCUT2D eigenvalue weighted by atomic mass is 32.1. The van der Waals surface area contributed by atoms with Gasteiger partial charge < -0.3 is 14.5 Å². The Morgan fingerprint density at radius 2 is 2.04 bits per heavy atom. The predicted molar refractivity (Wildman–Crippen MR) is 98.6 cm³/mol. The van der Waals surface area contributed by atoms with Crippen LogP contribution in [0.25, 0.3) is 4.96 Å². The number of nitrogens with zero attached hydrogens (tertiary/aromatic N) is 4. The summed E-state index contributed by atoms with van der Waals surface area (Å²) in [6, 6.07) is 8.02. The Balaban J connectivity index is 1.38. The molecule has 0 aliphatic carbocycles. The second-order valence-corrected chi connectivity index (χ2v) is 6.91. The summed E-state index contributed by atoms with van der Waals surface area (Å²) >= 11 is 1.58. The molecular formula is C18H20N4O2S. The maximum Gasteiger partial charge on any atom is 0.228 e. The van der Waals surface area contributed by atoms with Gasteiger partial charge in [0.1, 0.15) is 5.75 Å². The Morgan fingerprint density at radius 3 is 2.80 bits per heavy atom. The van der Waals surface area contributed by atoms with Crippen molar-refractivity contribution in [2.45, 2.75) is 6.42 Å². The third kappa shape index (κ3) is 3.19. The van der Waals surface area contributed by atoms with Crippen molar-refractivity contribution < 1.29 is 9.53 Å².